The highest BCUT2D eigenvalue weighted by molar-refractivity contribution is 5.79. The molecule has 0 atom stereocenters. The molecule has 3 heteroatoms. The fraction of sp³-hybridized carbons (Fsp3) is 0.462. The van der Waals surface area contributed by atoms with Gasteiger partial charge in [-0.3, -0.25) is 4.99 Å². The van der Waals surface area contributed by atoms with Gasteiger partial charge in [-0.25, -0.2) is 0 Å². The van der Waals surface area contributed by atoms with E-state index in [1.165, 1.54) is 5.69 Å². The summed E-state index contributed by atoms with van der Waals surface area (Å²) in [7, 11) is 2.10. The summed E-state index contributed by atoms with van der Waals surface area (Å²) in [4.78, 5) is 6.51. The number of amidine groups is 1. The van der Waals surface area contributed by atoms with E-state index < -0.39 is 0 Å². The quantitative estimate of drug-likeness (QED) is 0.453. The van der Waals surface area contributed by atoms with Gasteiger partial charge in [0.1, 0.15) is 0 Å². The number of rotatable bonds is 6. The molecule has 2 N–H and O–H groups in total. The molecule has 0 fully saturated rings. The second-order valence-corrected chi connectivity index (χ2v) is 3.84. The fourth-order valence-corrected chi connectivity index (χ4v) is 1.45. The lowest BCUT2D eigenvalue weighted by atomic mass is 10.3. The number of anilines is 1. The zero-order chi connectivity index (χ0) is 11.8. The number of hydrogen-bond donors (Lipinski definition) is 1. The lowest BCUT2D eigenvalue weighted by Gasteiger charge is -2.18. The van der Waals surface area contributed by atoms with Crippen molar-refractivity contribution in [3.05, 3.63) is 30.3 Å². The topological polar surface area (TPSA) is 41.6 Å². The Labute approximate surface area is 98.0 Å². The highest BCUT2D eigenvalue weighted by Gasteiger charge is 1.98. The second kappa shape index (κ2) is 6.88. The first-order valence-corrected chi connectivity index (χ1v) is 5.79. The van der Waals surface area contributed by atoms with Gasteiger partial charge in [0.2, 0.25) is 0 Å². The monoisotopic (exact) mass is 219 g/mol. The zero-order valence-corrected chi connectivity index (χ0v) is 10.2. The first kappa shape index (κ1) is 12.6. The first-order valence-electron chi connectivity index (χ1n) is 5.79. The molecule has 0 aromatic heterocycles. The lowest BCUT2D eigenvalue weighted by Crippen LogP contribution is -2.19. The molecule has 0 bridgehead atoms. The minimum Gasteiger partial charge on any atom is -0.387 e. The molecule has 3 nitrogen and oxygen atoms in total. The van der Waals surface area contributed by atoms with Crippen molar-refractivity contribution in [1.82, 2.24) is 0 Å². The summed E-state index contributed by atoms with van der Waals surface area (Å²) in [5.74, 6) is 0.752. The van der Waals surface area contributed by atoms with Gasteiger partial charge in [0, 0.05) is 32.2 Å². The molecule has 0 spiro atoms. The van der Waals surface area contributed by atoms with E-state index in [0.717, 1.165) is 31.8 Å². The van der Waals surface area contributed by atoms with Crippen LogP contribution in [0, 0.1) is 0 Å². The van der Waals surface area contributed by atoms with E-state index in [-0.39, 0.29) is 0 Å². The van der Waals surface area contributed by atoms with Crippen LogP contribution < -0.4 is 10.6 Å². The van der Waals surface area contributed by atoms with Crippen molar-refractivity contribution in [2.75, 3.05) is 25.0 Å². The van der Waals surface area contributed by atoms with E-state index in [9.17, 15) is 0 Å². The molecule has 0 heterocycles. The van der Waals surface area contributed by atoms with Crippen LogP contribution in [0.15, 0.2) is 35.3 Å². The number of para-hydroxylation sites is 1. The Hall–Kier alpha value is -1.51. The summed E-state index contributed by atoms with van der Waals surface area (Å²) < 4.78 is 0. The maximum Gasteiger partial charge on any atom is 0.0934 e. The SMILES string of the molecule is CCC(N)=NCCCN(C)c1ccccc1. The molecule has 1 rings (SSSR count). The number of benzene rings is 1. The number of nitrogens with zero attached hydrogens (tertiary/aromatic N) is 2. The molecule has 0 radical (unpaired) electrons. The highest BCUT2D eigenvalue weighted by atomic mass is 15.1. The Morgan fingerprint density at radius 1 is 1.31 bits per heavy atom. The summed E-state index contributed by atoms with van der Waals surface area (Å²) in [6.07, 6.45) is 1.88. The van der Waals surface area contributed by atoms with Crippen LogP contribution in [0.5, 0.6) is 0 Å². The van der Waals surface area contributed by atoms with Crippen molar-refractivity contribution in [1.29, 1.82) is 0 Å². The second-order valence-electron chi connectivity index (χ2n) is 3.84. The highest BCUT2D eigenvalue weighted by Crippen LogP contribution is 2.10. The predicted octanol–water partition coefficient (Wildman–Crippen LogP) is 2.28. The minimum atomic E-state index is 0.752. The van der Waals surface area contributed by atoms with Crippen molar-refractivity contribution in [3.63, 3.8) is 0 Å². The van der Waals surface area contributed by atoms with Gasteiger partial charge in [-0.2, -0.15) is 0 Å². The summed E-state index contributed by atoms with van der Waals surface area (Å²) >= 11 is 0. The lowest BCUT2D eigenvalue weighted by molar-refractivity contribution is 0.794. The first-order chi connectivity index (χ1) is 7.74. The van der Waals surface area contributed by atoms with Gasteiger partial charge in [-0.15, -0.1) is 0 Å². The molecule has 0 unspecified atom stereocenters. The largest absolute Gasteiger partial charge is 0.387 e. The molecule has 0 aliphatic carbocycles. The van der Waals surface area contributed by atoms with E-state index in [2.05, 4.69) is 41.2 Å². The number of hydrogen-bond acceptors (Lipinski definition) is 2. The smallest absolute Gasteiger partial charge is 0.0934 e. The van der Waals surface area contributed by atoms with Crippen molar-refractivity contribution in [2.45, 2.75) is 19.8 Å². The van der Waals surface area contributed by atoms with Gasteiger partial charge in [0.25, 0.3) is 0 Å². The van der Waals surface area contributed by atoms with Crippen LogP contribution in [0.1, 0.15) is 19.8 Å². The van der Waals surface area contributed by atoms with Crippen LogP contribution in [0.2, 0.25) is 0 Å². The van der Waals surface area contributed by atoms with Crippen LogP contribution in [0.3, 0.4) is 0 Å². The molecule has 88 valence electrons. The van der Waals surface area contributed by atoms with Gasteiger partial charge in [0.15, 0.2) is 0 Å². The van der Waals surface area contributed by atoms with Crippen LogP contribution >= 0.6 is 0 Å². The Morgan fingerprint density at radius 2 is 2.00 bits per heavy atom. The van der Waals surface area contributed by atoms with E-state index in [4.69, 9.17) is 5.73 Å². The van der Waals surface area contributed by atoms with E-state index in [1.54, 1.807) is 0 Å². The van der Waals surface area contributed by atoms with Gasteiger partial charge >= 0.3 is 0 Å². The van der Waals surface area contributed by atoms with E-state index >= 15 is 0 Å². The zero-order valence-electron chi connectivity index (χ0n) is 10.2. The summed E-state index contributed by atoms with van der Waals surface area (Å²) in [5.41, 5.74) is 6.88. The Morgan fingerprint density at radius 3 is 2.62 bits per heavy atom. The third-order valence-electron chi connectivity index (χ3n) is 2.53. The van der Waals surface area contributed by atoms with Gasteiger partial charge < -0.3 is 10.6 Å². The number of aliphatic imine (C=N–C) groups is 1. The third kappa shape index (κ3) is 4.34. The Bertz CT molecular complexity index is 319. The van der Waals surface area contributed by atoms with Crippen LogP contribution in [0.25, 0.3) is 0 Å². The standard InChI is InChI=1S/C13H21N3/c1-3-13(14)15-10-7-11-16(2)12-8-5-4-6-9-12/h4-6,8-9H,3,7,10-11H2,1-2H3,(H2,14,15). The molecule has 0 saturated heterocycles. The molecule has 1 aromatic carbocycles. The van der Waals surface area contributed by atoms with Crippen molar-refractivity contribution in [2.24, 2.45) is 10.7 Å². The fourth-order valence-electron chi connectivity index (χ4n) is 1.45. The molecule has 1 aromatic rings. The van der Waals surface area contributed by atoms with Crippen LogP contribution in [-0.2, 0) is 0 Å². The van der Waals surface area contributed by atoms with E-state index in [1.807, 2.05) is 13.0 Å². The molecule has 0 amide bonds. The maximum atomic E-state index is 5.64. The summed E-state index contributed by atoms with van der Waals surface area (Å²) in [5, 5.41) is 0. The average molecular weight is 219 g/mol. The van der Waals surface area contributed by atoms with Gasteiger partial charge in [-0.1, -0.05) is 25.1 Å². The summed E-state index contributed by atoms with van der Waals surface area (Å²) in [6.45, 7) is 3.84. The van der Waals surface area contributed by atoms with Crippen molar-refractivity contribution in [3.8, 4) is 0 Å². The maximum absolute atomic E-state index is 5.64. The third-order valence-corrected chi connectivity index (χ3v) is 2.53. The molecular formula is C13H21N3. The molecule has 0 aliphatic heterocycles. The number of nitrogens with two attached hydrogens (primary N) is 1. The average Bonchev–Trinajstić information content (AvgIpc) is 2.35. The molecule has 16 heavy (non-hydrogen) atoms. The molecular weight excluding hydrogens is 198 g/mol. The molecule has 0 aliphatic rings. The van der Waals surface area contributed by atoms with Crippen LogP contribution in [0.4, 0.5) is 5.69 Å². The van der Waals surface area contributed by atoms with Crippen molar-refractivity contribution < 1.29 is 0 Å². The van der Waals surface area contributed by atoms with Gasteiger partial charge in [0.05, 0.1) is 5.84 Å². The van der Waals surface area contributed by atoms with E-state index in [0.29, 0.717) is 0 Å². The minimum absolute atomic E-state index is 0.752. The Balaban J connectivity index is 2.29. The normalized spacial score (nSPS) is 11.5. The molecule has 0 saturated carbocycles. The van der Waals surface area contributed by atoms with Gasteiger partial charge in [-0.05, 0) is 18.6 Å². The van der Waals surface area contributed by atoms with Crippen molar-refractivity contribution >= 4 is 11.5 Å². The Kier molecular flexibility index (Phi) is 5.40. The predicted molar refractivity (Wildman–Crippen MR) is 71.1 cm³/mol. The van der Waals surface area contributed by atoms with Crippen LogP contribution in [-0.4, -0.2) is 26.0 Å². The summed E-state index contributed by atoms with van der Waals surface area (Å²) in [6, 6.07) is 10.4.